The minimum absolute atomic E-state index is 0.156. The SMILES string of the molecule is O=S1(=O)COc2cc(-c3ccc(OCC4CCN(c5ncc(F)cn5)CC4)c(F)c3)ccc21. The van der Waals surface area contributed by atoms with Gasteiger partial charge in [-0.1, -0.05) is 12.1 Å². The third-order valence-corrected chi connectivity index (χ3v) is 7.33. The highest BCUT2D eigenvalue weighted by molar-refractivity contribution is 7.91. The van der Waals surface area contributed by atoms with E-state index in [0.29, 0.717) is 23.7 Å². The smallest absolute Gasteiger partial charge is 0.225 e. The van der Waals surface area contributed by atoms with Gasteiger partial charge in [0.25, 0.3) is 0 Å². The maximum Gasteiger partial charge on any atom is 0.225 e. The lowest BCUT2D eigenvalue weighted by Gasteiger charge is -2.31. The fourth-order valence-corrected chi connectivity index (χ4v) is 5.14. The zero-order chi connectivity index (χ0) is 23.0. The first kappa shape index (κ1) is 21.6. The van der Waals surface area contributed by atoms with Gasteiger partial charge >= 0.3 is 0 Å². The van der Waals surface area contributed by atoms with E-state index < -0.39 is 21.5 Å². The predicted molar refractivity (Wildman–Crippen MR) is 117 cm³/mol. The minimum Gasteiger partial charge on any atom is -0.490 e. The molecule has 0 radical (unpaired) electrons. The van der Waals surface area contributed by atoms with E-state index in [-0.39, 0.29) is 28.3 Å². The summed E-state index contributed by atoms with van der Waals surface area (Å²) in [6.45, 7) is 1.83. The van der Waals surface area contributed by atoms with Crippen LogP contribution in [0.25, 0.3) is 11.1 Å². The molecule has 3 aromatic rings. The largest absolute Gasteiger partial charge is 0.490 e. The van der Waals surface area contributed by atoms with Gasteiger partial charge in [0.05, 0.1) is 19.0 Å². The predicted octanol–water partition coefficient (Wildman–Crippen LogP) is 3.84. The summed E-state index contributed by atoms with van der Waals surface area (Å²) >= 11 is 0. The molecule has 0 spiro atoms. The van der Waals surface area contributed by atoms with Gasteiger partial charge in [0.2, 0.25) is 15.8 Å². The molecule has 0 aliphatic carbocycles. The summed E-state index contributed by atoms with van der Waals surface area (Å²) in [5.41, 5.74) is 1.26. The summed E-state index contributed by atoms with van der Waals surface area (Å²) in [4.78, 5) is 10.2. The first-order valence-corrected chi connectivity index (χ1v) is 12.2. The average molecular weight is 474 g/mol. The van der Waals surface area contributed by atoms with Gasteiger partial charge < -0.3 is 14.4 Å². The fourth-order valence-electron chi connectivity index (χ4n) is 4.04. The van der Waals surface area contributed by atoms with E-state index in [9.17, 15) is 17.2 Å². The molecule has 0 N–H and O–H groups in total. The molecule has 10 heteroatoms. The number of halogens is 2. The Balaban J connectivity index is 1.19. The molecule has 5 rings (SSSR count). The normalized spacial score (nSPS) is 17.5. The number of benzene rings is 2. The van der Waals surface area contributed by atoms with Crippen LogP contribution >= 0.6 is 0 Å². The Morgan fingerprint density at radius 3 is 2.45 bits per heavy atom. The molecule has 2 aliphatic rings. The van der Waals surface area contributed by atoms with E-state index in [4.69, 9.17) is 9.47 Å². The molecule has 0 bridgehead atoms. The van der Waals surface area contributed by atoms with Crippen molar-refractivity contribution in [2.45, 2.75) is 17.7 Å². The number of hydrogen-bond donors (Lipinski definition) is 0. The molecule has 0 unspecified atom stereocenters. The number of ether oxygens (including phenoxy) is 2. The van der Waals surface area contributed by atoms with Crippen molar-refractivity contribution in [2.75, 3.05) is 30.5 Å². The Labute approximate surface area is 189 Å². The molecule has 0 saturated carbocycles. The number of anilines is 1. The van der Waals surface area contributed by atoms with Crippen LogP contribution in [-0.4, -0.2) is 44.0 Å². The summed E-state index contributed by atoms with van der Waals surface area (Å²) in [7, 11) is -3.40. The van der Waals surface area contributed by atoms with Crippen LogP contribution in [0.1, 0.15) is 12.8 Å². The first-order chi connectivity index (χ1) is 15.9. The van der Waals surface area contributed by atoms with Gasteiger partial charge in [-0.2, -0.15) is 0 Å². The van der Waals surface area contributed by atoms with Crippen LogP contribution < -0.4 is 14.4 Å². The first-order valence-electron chi connectivity index (χ1n) is 10.5. The molecule has 172 valence electrons. The van der Waals surface area contributed by atoms with Crippen molar-refractivity contribution in [1.82, 2.24) is 9.97 Å². The third-order valence-electron chi connectivity index (χ3n) is 5.89. The quantitative estimate of drug-likeness (QED) is 0.557. The summed E-state index contributed by atoms with van der Waals surface area (Å²) in [6.07, 6.45) is 3.97. The van der Waals surface area contributed by atoms with Gasteiger partial charge in [-0.3, -0.25) is 0 Å². The maximum absolute atomic E-state index is 14.7. The number of piperidine rings is 1. The van der Waals surface area contributed by atoms with Crippen LogP contribution in [0.3, 0.4) is 0 Å². The second kappa shape index (κ2) is 8.58. The van der Waals surface area contributed by atoms with Crippen LogP contribution in [0.4, 0.5) is 14.7 Å². The second-order valence-electron chi connectivity index (χ2n) is 8.13. The van der Waals surface area contributed by atoms with Gasteiger partial charge in [0, 0.05) is 13.1 Å². The van der Waals surface area contributed by atoms with Gasteiger partial charge in [-0.25, -0.2) is 27.2 Å². The molecule has 33 heavy (non-hydrogen) atoms. The lowest BCUT2D eigenvalue weighted by Crippen LogP contribution is -2.36. The van der Waals surface area contributed by atoms with Crippen LogP contribution in [0, 0.1) is 17.6 Å². The van der Waals surface area contributed by atoms with E-state index in [1.54, 1.807) is 24.3 Å². The fraction of sp³-hybridized carbons (Fsp3) is 0.304. The van der Waals surface area contributed by atoms with Crippen molar-refractivity contribution in [3.8, 4) is 22.6 Å². The summed E-state index contributed by atoms with van der Waals surface area (Å²) < 4.78 is 62.4. The number of nitrogens with zero attached hydrogens (tertiary/aromatic N) is 3. The molecule has 0 atom stereocenters. The lowest BCUT2D eigenvalue weighted by atomic mass is 9.98. The highest BCUT2D eigenvalue weighted by Crippen LogP contribution is 2.36. The monoisotopic (exact) mass is 473 g/mol. The summed E-state index contributed by atoms with van der Waals surface area (Å²) in [5, 5.41) is 0. The van der Waals surface area contributed by atoms with Crippen LogP contribution in [0.5, 0.6) is 11.5 Å². The van der Waals surface area contributed by atoms with Crippen LogP contribution in [0.15, 0.2) is 53.7 Å². The molecule has 1 fully saturated rings. The van der Waals surface area contributed by atoms with Crippen molar-refractivity contribution >= 4 is 15.8 Å². The second-order valence-corrected chi connectivity index (χ2v) is 10.0. The summed E-state index contributed by atoms with van der Waals surface area (Å²) in [5.74, 6) is -0.105. The Kier molecular flexibility index (Phi) is 5.61. The van der Waals surface area contributed by atoms with Crippen LogP contribution in [-0.2, 0) is 9.84 Å². The molecule has 3 heterocycles. The Morgan fingerprint density at radius 2 is 1.73 bits per heavy atom. The van der Waals surface area contributed by atoms with Gasteiger partial charge in [-0.05, 0) is 54.2 Å². The molecule has 2 aliphatic heterocycles. The highest BCUT2D eigenvalue weighted by Gasteiger charge is 2.28. The van der Waals surface area contributed by atoms with E-state index >= 15 is 0 Å². The number of aromatic nitrogens is 2. The van der Waals surface area contributed by atoms with Crippen molar-refractivity contribution in [3.05, 3.63) is 60.4 Å². The standard InChI is InChI=1S/C23H21F2N3O4S/c24-18-11-26-23(27-12-18)28-7-5-15(6-8-28)13-31-20-3-1-16(9-19(20)25)17-2-4-22-21(10-17)32-14-33(22,29)30/h1-4,9-12,15H,5-8,13-14H2. The molecule has 0 amide bonds. The van der Waals surface area contributed by atoms with E-state index in [1.165, 1.54) is 12.1 Å². The molecule has 1 aromatic heterocycles. The zero-order valence-corrected chi connectivity index (χ0v) is 18.4. The van der Waals surface area contributed by atoms with Crippen LogP contribution in [0.2, 0.25) is 0 Å². The minimum atomic E-state index is -3.40. The van der Waals surface area contributed by atoms with E-state index in [2.05, 4.69) is 9.97 Å². The van der Waals surface area contributed by atoms with Gasteiger partial charge in [-0.15, -0.1) is 0 Å². The average Bonchev–Trinajstić information content (AvgIpc) is 3.13. The van der Waals surface area contributed by atoms with Crippen molar-refractivity contribution < 1.29 is 26.7 Å². The zero-order valence-electron chi connectivity index (χ0n) is 17.6. The van der Waals surface area contributed by atoms with Crippen molar-refractivity contribution in [3.63, 3.8) is 0 Å². The third kappa shape index (κ3) is 4.47. The molecule has 7 nitrogen and oxygen atoms in total. The van der Waals surface area contributed by atoms with E-state index in [0.717, 1.165) is 38.3 Å². The van der Waals surface area contributed by atoms with E-state index in [1.807, 2.05) is 4.90 Å². The summed E-state index contributed by atoms with van der Waals surface area (Å²) in [6, 6.07) is 9.41. The number of sulfone groups is 1. The molecule has 2 aromatic carbocycles. The maximum atomic E-state index is 14.7. The lowest BCUT2D eigenvalue weighted by molar-refractivity contribution is 0.215. The highest BCUT2D eigenvalue weighted by atomic mass is 32.2. The van der Waals surface area contributed by atoms with Crippen molar-refractivity contribution in [1.29, 1.82) is 0 Å². The molecular formula is C23H21F2N3O4S. The topological polar surface area (TPSA) is 81.6 Å². The Bertz CT molecular complexity index is 1280. The van der Waals surface area contributed by atoms with Gasteiger partial charge in [0.15, 0.2) is 23.3 Å². The molecular weight excluding hydrogens is 452 g/mol. The number of hydrogen-bond acceptors (Lipinski definition) is 7. The Morgan fingerprint density at radius 1 is 1.03 bits per heavy atom. The molecule has 1 saturated heterocycles. The number of fused-ring (bicyclic) bond motifs is 1. The number of rotatable bonds is 5. The Hall–Kier alpha value is -3.27. The van der Waals surface area contributed by atoms with Crippen molar-refractivity contribution in [2.24, 2.45) is 5.92 Å². The van der Waals surface area contributed by atoms with Gasteiger partial charge in [0.1, 0.15) is 10.6 Å².